The largest absolute Gasteiger partial charge is 0.345 e. The van der Waals surface area contributed by atoms with Gasteiger partial charge >= 0.3 is 0 Å². The van der Waals surface area contributed by atoms with Crippen LogP contribution in [0.3, 0.4) is 0 Å². The minimum absolute atomic E-state index is 0.00138. The molecule has 1 heterocycles. The summed E-state index contributed by atoms with van der Waals surface area (Å²) in [5.41, 5.74) is 1.54. The summed E-state index contributed by atoms with van der Waals surface area (Å²) < 4.78 is 0. The molecule has 1 aromatic rings. The van der Waals surface area contributed by atoms with Crippen LogP contribution in [0, 0.1) is 17.8 Å². The number of piperidine rings is 1. The highest BCUT2D eigenvalue weighted by atomic mass is 16.2. The molecule has 0 saturated carbocycles. The van der Waals surface area contributed by atoms with Crippen LogP contribution in [0.5, 0.6) is 0 Å². The summed E-state index contributed by atoms with van der Waals surface area (Å²) in [6.45, 7) is 4.58. The highest BCUT2D eigenvalue weighted by molar-refractivity contribution is 5.88. The van der Waals surface area contributed by atoms with Gasteiger partial charge in [-0.15, -0.1) is 0 Å². The number of nitrogens with one attached hydrogen (secondary N) is 2. The summed E-state index contributed by atoms with van der Waals surface area (Å²) in [5.74, 6) is 5.80. The molecule has 2 N–H and O–H groups in total. The second-order valence-corrected chi connectivity index (χ2v) is 6.06. The zero-order valence-corrected chi connectivity index (χ0v) is 14.6. The van der Waals surface area contributed by atoms with Gasteiger partial charge in [-0.3, -0.25) is 14.4 Å². The van der Waals surface area contributed by atoms with Crippen molar-refractivity contribution in [1.82, 2.24) is 10.2 Å². The molecule has 1 fully saturated rings. The van der Waals surface area contributed by atoms with Crippen LogP contribution in [-0.2, 0) is 14.4 Å². The molecule has 0 atom stereocenters. The van der Waals surface area contributed by atoms with E-state index in [4.69, 9.17) is 0 Å². The maximum Gasteiger partial charge on any atom is 0.223 e. The van der Waals surface area contributed by atoms with E-state index in [-0.39, 0.29) is 23.6 Å². The van der Waals surface area contributed by atoms with Gasteiger partial charge in [0.2, 0.25) is 17.7 Å². The summed E-state index contributed by atoms with van der Waals surface area (Å²) in [7, 11) is 0. The van der Waals surface area contributed by atoms with Crippen molar-refractivity contribution >= 4 is 23.4 Å². The Morgan fingerprint density at radius 1 is 1.12 bits per heavy atom. The fourth-order valence-corrected chi connectivity index (χ4v) is 2.72. The van der Waals surface area contributed by atoms with Crippen LogP contribution in [-0.4, -0.2) is 42.3 Å². The number of hydrogen-bond acceptors (Lipinski definition) is 3. The molecule has 1 saturated heterocycles. The quantitative estimate of drug-likeness (QED) is 0.815. The van der Waals surface area contributed by atoms with E-state index in [9.17, 15) is 14.4 Å². The van der Waals surface area contributed by atoms with Crippen molar-refractivity contribution in [1.29, 1.82) is 0 Å². The molecular formula is C19H23N3O3. The first-order valence-electron chi connectivity index (χ1n) is 8.35. The molecule has 0 bridgehead atoms. The number of likely N-dealkylation sites (tertiary alicyclic amines) is 1. The van der Waals surface area contributed by atoms with Gasteiger partial charge in [0.15, 0.2) is 0 Å². The van der Waals surface area contributed by atoms with Crippen molar-refractivity contribution < 1.29 is 14.4 Å². The molecule has 0 unspecified atom stereocenters. The van der Waals surface area contributed by atoms with Gasteiger partial charge in [-0.25, -0.2) is 0 Å². The van der Waals surface area contributed by atoms with E-state index in [1.807, 2.05) is 12.1 Å². The molecule has 25 heavy (non-hydrogen) atoms. The normalized spacial score (nSPS) is 14.2. The van der Waals surface area contributed by atoms with E-state index in [0.29, 0.717) is 32.5 Å². The average molecular weight is 341 g/mol. The lowest BCUT2D eigenvalue weighted by Crippen LogP contribution is -2.42. The van der Waals surface area contributed by atoms with Crippen molar-refractivity contribution in [3.05, 3.63) is 29.8 Å². The number of carbonyl (C=O) groups excluding carboxylic acids is 3. The monoisotopic (exact) mass is 341 g/mol. The van der Waals surface area contributed by atoms with Gasteiger partial charge in [-0.2, -0.15) is 0 Å². The molecule has 6 nitrogen and oxygen atoms in total. The number of anilines is 1. The molecule has 0 aromatic heterocycles. The molecule has 3 amide bonds. The minimum atomic E-state index is -0.115. The fourth-order valence-electron chi connectivity index (χ4n) is 2.72. The first kappa shape index (κ1) is 18.5. The Morgan fingerprint density at radius 3 is 2.32 bits per heavy atom. The minimum Gasteiger partial charge on any atom is -0.345 e. The molecule has 132 valence electrons. The molecular weight excluding hydrogens is 318 g/mol. The van der Waals surface area contributed by atoms with Crippen molar-refractivity contribution in [2.45, 2.75) is 26.7 Å². The number of rotatable bonds is 3. The number of benzene rings is 1. The van der Waals surface area contributed by atoms with Gasteiger partial charge in [0.25, 0.3) is 0 Å². The second kappa shape index (κ2) is 8.88. The standard InChI is InChI=1S/C19H23N3O3/c1-14(23)21-18-7-5-16(6-8-18)4-3-11-20-19(25)17-9-12-22(13-10-17)15(2)24/h5-8,17H,9-13H2,1-2H3,(H,20,25)(H,21,23). The van der Waals surface area contributed by atoms with E-state index >= 15 is 0 Å². The third kappa shape index (κ3) is 5.96. The fraction of sp³-hybridized carbons (Fsp3) is 0.421. The maximum absolute atomic E-state index is 12.1. The van der Waals surface area contributed by atoms with Gasteiger partial charge in [-0.05, 0) is 37.1 Å². The Morgan fingerprint density at radius 2 is 1.76 bits per heavy atom. The van der Waals surface area contributed by atoms with E-state index in [1.165, 1.54) is 6.92 Å². The van der Waals surface area contributed by atoms with Crippen LogP contribution in [0.15, 0.2) is 24.3 Å². The zero-order chi connectivity index (χ0) is 18.2. The summed E-state index contributed by atoms with van der Waals surface area (Å²) in [6, 6.07) is 7.20. The van der Waals surface area contributed by atoms with E-state index < -0.39 is 0 Å². The van der Waals surface area contributed by atoms with E-state index in [0.717, 1.165) is 11.3 Å². The first-order chi connectivity index (χ1) is 12.0. The maximum atomic E-state index is 12.1. The number of hydrogen-bond donors (Lipinski definition) is 2. The van der Waals surface area contributed by atoms with Gasteiger partial charge < -0.3 is 15.5 Å². The Kier molecular flexibility index (Phi) is 6.58. The van der Waals surface area contributed by atoms with Gasteiger partial charge in [-0.1, -0.05) is 11.8 Å². The molecule has 2 rings (SSSR count). The number of nitrogens with zero attached hydrogens (tertiary/aromatic N) is 1. The Balaban J connectivity index is 1.75. The van der Waals surface area contributed by atoms with Crippen LogP contribution < -0.4 is 10.6 Å². The predicted molar refractivity (Wildman–Crippen MR) is 95.6 cm³/mol. The predicted octanol–water partition coefficient (Wildman–Crippen LogP) is 1.37. The highest BCUT2D eigenvalue weighted by Gasteiger charge is 2.25. The van der Waals surface area contributed by atoms with Gasteiger partial charge in [0.05, 0.1) is 6.54 Å². The van der Waals surface area contributed by atoms with Crippen LogP contribution >= 0.6 is 0 Å². The molecule has 1 aromatic carbocycles. The van der Waals surface area contributed by atoms with Crippen LogP contribution in [0.2, 0.25) is 0 Å². The summed E-state index contributed by atoms with van der Waals surface area (Å²) in [4.78, 5) is 36.1. The Labute approximate surface area is 148 Å². The third-order valence-electron chi connectivity index (χ3n) is 4.10. The molecule has 1 aliphatic heterocycles. The molecule has 1 aliphatic rings. The van der Waals surface area contributed by atoms with Crippen molar-refractivity contribution in [2.24, 2.45) is 5.92 Å². The summed E-state index contributed by atoms with van der Waals surface area (Å²) in [6.07, 6.45) is 1.40. The molecule has 0 spiro atoms. The van der Waals surface area contributed by atoms with Crippen LogP contribution in [0.1, 0.15) is 32.3 Å². The average Bonchev–Trinajstić information content (AvgIpc) is 2.59. The van der Waals surface area contributed by atoms with Gasteiger partial charge in [0, 0.05) is 44.1 Å². The lowest BCUT2D eigenvalue weighted by atomic mass is 9.96. The van der Waals surface area contributed by atoms with Gasteiger partial charge in [0.1, 0.15) is 0 Å². The van der Waals surface area contributed by atoms with Crippen LogP contribution in [0.4, 0.5) is 5.69 Å². The smallest absolute Gasteiger partial charge is 0.223 e. The van der Waals surface area contributed by atoms with E-state index in [2.05, 4.69) is 22.5 Å². The SMILES string of the molecule is CC(=O)Nc1ccc(C#CCNC(=O)C2CCN(C(C)=O)CC2)cc1. The number of carbonyl (C=O) groups is 3. The second-order valence-electron chi connectivity index (χ2n) is 6.06. The van der Waals surface area contributed by atoms with Crippen molar-refractivity contribution in [3.8, 4) is 11.8 Å². The molecule has 0 radical (unpaired) electrons. The van der Waals surface area contributed by atoms with Crippen molar-refractivity contribution in [3.63, 3.8) is 0 Å². The van der Waals surface area contributed by atoms with Crippen LogP contribution in [0.25, 0.3) is 0 Å². The topological polar surface area (TPSA) is 78.5 Å². The summed E-state index contributed by atoms with van der Waals surface area (Å²) in [5, 5.41) is 5.52. The molecule has 6 heteroatoms. The lowest BCUT2D eigenvalue weighted by molar-refractivity contribution is -0.133. The zero-order valence-electron chi connectivity index (χ0n) is 14.6. The first-order valence-corrected chi connectivity index (χ1v) is 8.35. The third-order valence-corrected chi connectivity index (χ3v) is 4.10. The summed E-state index contributed by atoms with van der Waals surface area (Å²) >= 11 is 0. The lowest BCUT2D eigenvalue weighted by Gasteiger charge is -2.30. The van der Waals surface area contributed by atoms with E-state index in [1.54, 1.807) is 24.0 Å². The van der Waals surface area contributed by atoms with Crippen molar-refractivity contribution in [2.75, 3.05) is 25.0 Å². The Bertz CT molecular complexity index is 693. The highest BCUT2D eigenvalue weighted by Crippen LogP contribution is 2.17. The Hall–Kier alpha value is -2.81. The molecule has 0 aliphatic carbocycles. The number of amides is 3.